The van der Waals surface area contributed by atoms with Gasteiger partial charge in [0.1, 0.15) is 12.2 Å². The van der Waals surface area contributed by atoms with Crippen molar-refractivity contribution in [3.8, 4) is 0 Å². The Morgan fingerprint density at radius 1 is 1.60 bits per heavy atom. The molecule has 1 aromatic rings. The maximum absolute atomic E-state index is 12.1. The van der Waals surface area contributed by atoms with Gasteiger partial charge in [-0.05, 0) is 32.6 Å². The van der Waals surface area contributed by atoms with Crippen LogP contribution >= 0.6 is 0 Å². The summed E-state index contributed by atoms with van der Waals surface area (Å²) in [5, 5.41) is 4.26. The van der Waals surface area contributed by atoms with E-state index in [-0.39, 0.29) is 11.6 Å². The minimum atomic E-state index is -0.322. The fourth-order valence-electron chi connectivity index (χ4n) is 2.42. The molecule has 0 aliphatic carbocycles. The Morgan fingerprint density at radius 2 is 2.35 bits per heavy atom. The van der Waals surface area contributed by atoms with Crippen LogP contribution in [-0.4, -0.2) is 34.6 Å². The first-order chi connectivity index (χ1) is 9.41. The van der Waals surface area contributed by atoms with Gasteiger partial charge < -0.3 is 9.47 Å². The molecule has 0 spiro atoms. The summed E-state index contributed by atoms with van der Waals surface area (Å²) in [4.78, 5) is 12.1. The van der Waals surface area contributed by atoms with Crippen LogP contribution in [0.5, 0.6) is 0 Å². The van der Waals surface area contributed by atoms with Crippen LogP contribution in [0.25, 0.3) is 0 Å². The van der Waals surface area contributed by atoms with Crippen LogP contribution in [0.2, 0.25) is 0 Å². The average Bonchev–Trinajstić information content (AvgIpc) is 2.95. The highest BCUT2D eigenvalue weighted by Crippen LogP contribution is 2.25. The van der Waals surface area contributed by atoms with Gasteiger partial charge >= 0.3 is 5.97 Å². The SMILES string of the molecule is Cc1c(C(=O)OC[C@]2(C)CCCO2)cnn1CC(C)C. The lowest BCUT2D eigenvalue weighted by atomic mass is 10.0. The normalized spacial score (nSPS) is 22.4. The smallest absolute Gasteiger partial charge is 0.341 e. The molecule has 1 aromatic heterocycles. The van der Waals surface area contributed by atoms with E-state index >= 15 is 0 Å². The van der Waals surface area contributed by atoms with E-state index < -0.39 is 0 Å². The summed E-state index contributed by atoms with van der Waals surface area (Å²) in [6.45, 7) is 10.00. The first-order valence-electron chi connectivity index (χ1n) is 7.25. The van der Waals surface area contributed by atoms with Crippen molar-refractivity contribution < 1.29 is 14.3 Å². The van der Waals surface area contributed by atoms with Gasteiger partial charge in [-0.1, -0.05) is 13.8 Å². The van der Waals surface area contributed by atoms with Crippen molar-refractivity contribution in [2.75, 3.05) is 13.2 Å². The van der Waals surface area contributed by atoms with E-state index in [1.54, 1.807) is 6.20 Å². The molecule has 2 rings (SSSR count). The van der Waals surface area contributed by atoms with Crippen LogP contribution in [0.3, 0.4) is 0 Å². The van der Waals surface area contributed by atoms with Crippen LogP contribution < -0.4 is 0 Å². The van der Waals surface area contributed by atoms with Gasteiger partial charge in [-0.25, -0.2) is 4.79 Å². The molecule has 1 aliphatic heterocycles. The van der Waals surface area contributed by atoms with Gasteiger partial charge in [0, 0.05) is 18.8 Å². The van der Waals surface area contributed by atoms with Crippen molar-refractivity contribution in [3.63, 3.8) is 0 Å². The van der Waals surface area contributed by atoms with Gasteiger partial charge in [0.05, 0.1) is 11.8 Å². The molecule has 0 saturated carbocycles. The third-order valence-electron chi connectivity index (χ3n) is 3.67. The predicted octanol–water partition coefficient (Wildman–Crippen LogP) is 2.57. The molecule has 0 amide bonds. The molecule has 0 radical (unpaired) electrons. The van der Waals surface area contributed by atoms with Gasteiger partial charge in [-0.2, -0.15) is 5.10 Å². The van der Waals surface area contributed by atoms with E-state index in [1.165, 1.54) is 0 Å². The van der Waals surface area contributed by atoms with Gasteiger partial charge in [0.25, 0.3) is 0 Å². The second kappa shape index (κ2) is 5.95. The highest BCUT2D eigenvalue weighted by molar-refractivity contribution is 5.90. The monoisotopic (exact) mass is 280 g/mol. The lowest BCUT2D eigenvalue weighted by molar-refractivity contribution is -0.0378. The number of aromatic nitrogens is 2. The van der Waals surface area contributed by atoms with Gasteiger partial charge in [0.2, 0.25) is 0 Å². The van der Waals surface area contributed by atoms with Crippen LogP contribution in [0.1, 0.15) is 49.7 Å². The predicted molar refractivity (Wildman–Crippen MR) is 75.7 cm³/mol. The van der Waals surface area contributed by atoms with Crippen LogP contribution in [0.4, 0.5) is 0 Å². The molecule has 0 unspecified atom stereocenters. The van der Waals surface area contributed by atoms with Crippen molar-refractivity contribution >= 4 is 5.97 Å². The third-order valence-corrected chi connectivity index (χ3v) is 3.67. The minimum absolute atomic E-state index is 0.306. The van der Waals surface area contributed by atoms with E-state index in [0.717, 1.165) is 31.7 Å². The summed E-state index contributed by atoms with van der Waals surface area (Å²) < 4.78 is 12.9. The fraction of sp³-hybridized carbons (Fsp3) is 0.733. The number of carbonyl (C=O) groups is 1. The maximum atomic E-state index is 12.1. The Kier molecular flexibility index (Phi) is 4.48. The number of ether oxygens (including phenoxy) is 2. The Bertz CT molecular complexity index is 473. The average molecular weight is 280 g/mol. The molecule has 5 nitrogen and oxygen atoms in total. The highest BCUT2D eigenvalue weighted by Gasteiger charge is 2.31. The van der Waals surface area contributed by atoms with Crippen molar-refractivity contribution in [2.45, 2.75) is 52.7 Å². The molecule has 0 bridgehead atoms. The largest absolute Gasteiger partial charge is 0.459 e. The summed E-state index contributed by atoms with van der Waals surface area (Å²) in [5.74, 6) is 0.178. The first-order valence-corrected chi connectivity index (χ1v) is 7.25. The Balaban J connectivity index is 1.97. The number of hydrogen-bond donors (Lipinski definition) is 0. The second-order valence-corrected chi connectivity index (χ2v) is 6.20. The molecule has 20 heavy (non-hydrogen) atoms. The molecule has 112 valence electrons. The molecule has 1 aliphatic rings. The molecule has 2 heterocycles. The number of carbonyl (C=O) groups excluding carboxylic acids is 1. The van der Waals surface area contributed by atoms with Crippen LogP contribution in [-0.2, 0) is 16.0 Å². The van der Waals surface area contributed by atoms with E-state index in [1.807, 2.05) is 18.5 Å². The quantitative estimate of drug-likeness (QED) is 0.778. The second-order valence-electron chi connectivity index (χ2n) is 6.20. The minimum Gasteiger partial charge on any atom is -0.459 e. The number of esters is 1. The molecule has 0 aromatic carbocycles. The summed E-state index contributed by atoms with van der Waals surface area (Å²) in [5.41, 5.74) is 1.09. The Labute approximate surface area is 120 Å². The van der Waals surface area contributed by atoms with Crippen molar-refractivity contribution in [1.29, 1.82) is 0 Å². The molecule has 5 heteroatoms. The van der Waals surface area contributed by atoms with Gasteiger partial charge in [-0.3, -0.25) is 4.68 Å². The molecule has 0 N–H and O–H groups in total. The van der Waals surface area contributed by atoms with E-state index in [9.17, 15) is 4.79 Å². The molecule has 1 fully saturated rings. The lowest BCUT2D eigenvalue weighted by Gasteiger charge is -2.22. The maximum Gasteiger partial charge on any atom is 0.341 e. The third kappa shape index (κ3) is 3.39. The first kappa shape index (κ1) is 15.0. The standard InChI is InChI=1S/C15H24N2O3/c1-11(2)9-17-12(3)13(8-16-17)14(18)19-10-15(4)6-5-7-20-15/h8,11H,5-7,9-10H2,1-4H3/t15-/m0/s1. The van der Waals surface area contributed by atoms with Crippen molar-refractivity contribution in [1.82, 2.24) is 9.78 Å². The summed E-state index contributed by atoms with van der Waals surface area (Å²) in [6.07, 6.45) is 3.56. The highest BCUT2D eigenvalue weighted by atomic mass is 16.6. The number of rotatable bonds is 5. The van der Waals surface area contributed by atoms with Crippen molar-refractivity contribution in [3.05, 3.63) is 17.5 Å². The molecular formula is C15H24N2O3. The van der Waals surface area contributed by atoms with Crippen LogP contribution in [0.15, 0.2) is 6.20 Å². The van der Waals surface area contributed by atoms with Crippen LogP contribution in [0, 0.1) is 12.8 Å². The summed E-state index contributed by atoms with van der Waals surface area (Å²) in [6, 6.07) is 0. The summed E-state index contributed by atoms with van der Waals surface area (Å²) >= 11 is 0. The fourth-order valence-corrected chi connectivity index (χ4v) is 2.42. The van der Waals surface area contributed by atoms with Crippen molar-refractivity contribution in [2.24, 2.45) is 5.92 Å². The zero-order chi connectivity index (χ0) is 14.8. The van der Waals surface area contributed by atoms with E-state index in [4.69, 9.17) is 9.47 Å². The molecule has 1 saturated heterocycles. The van der Waals surface area contributed by atoms with E-state index in [0.29, 0.717) is 18.1 Å². The number of nitrogens with zero attached hydrogens (tertiary/aromatic N) is 2. The summed E-state index contributed by atoms with van der Waals surface area (Å²) in [7, 11) is 0. The molecular weight excluding hydrogens is 256 g/mol. The van der Waals surface area contributed by atoms with Gasteiger partial charge in [-0.15, -0.1) is 0 Å². The zero-order valence-corrected chi connectivity index (χ0v) is 12.8. The van der Waals surface area contributed by atoms with E-state index in [2.05, 4.69) is 18.9 Å². The number of hydrogen-bond acceptors (Lipinski definition) is 4. The zero-order valence-electron chi connectivity index (χ0n) is 12.8. The Hall–Kier alpha value is -1.36. The topological polar surface area (TPSA) is 53.4 Å². The Morgan fingerprint density at radius 3 is 2.95 bits per heavy atom. The lowest BCUT2D eigenvalue weighted by Crippen LogP contribution is -2.31. The molecule has 1 atom stereocenters. The van der Waals surface area contributed by atoms with Gasteiger partial charge in [0.15, 0.2) is 0 Å².